The van der Waals surface area contributed by atoms with Crippen molar-refractivity contribution < 1.29 is 14.3 Å². The van der Waals surface area contributed by atoms with E-state index in [1.54, 1.807) is 13.8 Å². The van der Waals surface area contributed by atoms with Gasteiger partial charge in [-0.15, -0.1) is 11.6 Å². The van der Waals surface area contributed by atoms with Gasteiger partial charge in [0.15, 0.2) is 0 Å². The number of carbonyl (C=O) groups excluding carboxylic acids is 2. The molecule has 1 atom stereocenters. The van der Waals surface area contributed by atoms with Gasteiger partial charge in [-0.2, -0.15) is 0 Å². The molecular formula is C14H18ClNO3. The lowest BCUT2D eigenvalue weighted by Crippen LogP contribution is -2.44. The topological polar surface area (TPSA) is 55.4 Å². The van der Waals surface area contributed by atoms with Gasteiger partial charge in [-0.1, -0.05) is 30.3 Å². The van der Waals surface area contributed by atoms with Gasteiger partial charge in [0, 0.05) is 6.42 Å². The van der Waals surface area contributed by atoms with Crippen molar-refractivity contribution in [1.82, 2.24) is 5.32 Å². The summed E-state index contributed by atoms with van der Waals surface area (Å²) in [6.07, 6.45) is 0.161. The number of hydrogen-bond acceptors (Lipinski definition) is 3. The number of esters is 1. The van der Waals surface area contributed by atoms with Crippen LogP contribution in [-0.4, -0.2) is 29.9 Å². The van der Waals surface area contributed by atoms with Gasteiger partial charge in [-0.25, -0.2) is 4.79 Å². The first-order valence-electron chi connectivity index (χ1n) is 6.12. The summed E-state index contributed by atoms with van der Waals surface area (Å²) in [5.74, 6) is -1.01. The second-order valence-electron chi connectivity index (χ2n) is 4.43. The van der Waals surface area contributed by atoms with Crippen molar-refractivity contribution in [2.45, 2.75) is 32.4 Å². The van der Waals surface area contributed by atoms with Gasteiger partial charge >= 0.3 is 5.97 Å². The molecule has 1 aromatic carbocycles. The van der Waals surface area contributed by atoms with E-state index in [0.29, 0.717) is 6.42 Å². The van der Waals surface area contributed by atoms with Crippen molar-refractivity contribution in [3.8, 4) is 0 Å². The van der Waals surface area contributed by atoms with E-state index in [1.165, 1.54) is 0 Å². The Kier molecular flexibility index (Phi) is 6.36. The Hall–Kier alpha value is -1.55. The molecule has 0 saturated heterocycles. The number of ether oxygens (including phenoxy) is 1. The minimum atomic E-state index is -0.712. The molecule has 0 saturated carbocycles. The lowest BCUT2D eigenvalue weighted by Gasteiger charge is -2.18. The highest BCUT2D eigenvalue weighted by atomic mass is 35.5. The largest absolute Gasteiger partial charge is 0.461 e. The quantitative estimate of drug-likeness (QED) is 0.641. The second kappa shape index (κ2) is 7.79. The summed E-state index contributed by atoms with van der Waals surface area (Å²) < 4.78 is 5.13. The lowest BCUT2D eigenvalue weighted by molar-refractivity contribution is -0.151. The van der Waals surface area contributed by atoms with Gasteiger partial charge in [0.1, 0.15) is 11.9 Å². The van der Waals surface area contributed by atoms with Crippen LogP contribution in [0.5, 0.6) is 0 Å². The first-order valence-corrected chi connectivity index (χ1v) is 6.66. The van der Waals surface area contributed by atoms with Crippen LogP contribution in [-0.2, 0) is 20.7 Å². The zero-order valence-electron chi connectivity index (χ0n) is 11.1. The predicted molar refractivity (Wildman–Crippen MR) is 74.0 cm³/mol. The second-order valence-corrected chi connectivity index (χ2v) is 4.70. The van der Waals surface area contributed by atoms with Gasteiger partial charge in [0.2, 0.25) is 5.91 Å². The number of halogens is 1. The number of nitrogens with one attached hydrogen (secondary N) is 1. The highest BCUT2D eigenvalue weighted by Crippen LogP contribution is 2.06. The molecule has 0 aromatic heterocycles. The summed E-state index contributed by atoms with van der Waals surface area (Å²) in [6, 6.07) is 8.72. The molecule has 0 radical (unpaired) electrons. The first-order chi connectivity index (χ1) is 9.02. The third-order valence-electron chi connectivity index (χ3n) is 2.38. The minimum absolute atomic E-state index is 0.180. The number of rotatable bonds is 6. The molecule has 4 nitrogen and oxygen atoms in total. The van der Waals surface area contributed by atoms with Crippen LogP contribution in [0.4, 0.5) is 0 Å². The molecule has 1 amide bonds. The standard InChI is InChI=1S/C14H18ClNO3/c1-10(2)19-14(18)12(16-13(17)9-15)8-11-6-4-3-5-7-11/h3-7,10,12H,8-9H2,1-2H3,(H,16,17)/t12-/m0/s1. The van der Waals surface area contributed by atoms with Gasteiger partial charge in [-0.3, -0.25) is 4.79 Å². The molecule has 0 aliphatic carbocycles. The van der Waals surface area contributed by atoms with E-state index in [-0.39, 0.29) is 17.9 Å². The maximum Gasteiger partial charge on any atom is 0.329 e. The number of carbonyl (C=O) groups is 2. The van der Waals surface area contributed by atoms with E-state index in [1.807, 2.05) is 30.3 Å². The fourth-order valence-electron chi connectivity index (χ4n) is 1.59. The maximum atomic E-state index is 11.9. The molecule has 0 bridgehead atoms. The normalized spacial score (nSPS) is 12.0. The molecule has 1 aromatic rings. The van der Waals surface area contributed by atoms with Gasteiger partial charge in [0.05, 0.1) is 6.10 Å². The van der Waals surface area contributed by atoms with E-state index in [9.17, 15) is 9.59 Å². The molecule has 0 unspecified atom stereocenters. The van der Waals surface area contributed by atoms with Crippen LogP contribution >= 0.6 is 11.6 Å². The number of alkyl halides is 1. The van der Waals surface area contributed by atoms with Crippen LogP contribution in [0, 0.1) is 0 Å². The lowest BCUT2D eigenvalue weighted by atomic mass is 10.1. The molecule has 0 spiro atoms. The smallest absolute Gasteiger partial charge is 0.329 e. The molecular weight excluding hydrogens is 266 g/mol. The van der Waals surface area contributed by atoms with E-state index in [4.69, 9.17) is 16.3 Å². The van der Waals surface area contributed by atoms with Crippen LogP contribution in [0.3, 0.4) is 0 Å². The van der Waals surface area contributed by atoms with Crippen LogP contribution in [0.15, 0.2) is 30.3 Å². The molecule has 0 fully saturated rings. The Bertz CT molecular complexity index is 420. The van der Waals surface area contributed by atoms with Crippen molar-refractivity contribution in [3.63, 3.8) is 0 Å². The van der Waals surface area contributed by atoms with Crippen molar-refractivity contribution in [1.29, 1.82) is 0 Å². The Morgan fingerprint density at radius 3 is 2.42 bits per heavy atom. The SMILES string of the molecule is CC(C)OC(=O)[C@H](Cc1ccccc1)NC(=O)CCl. The molecule has 1 rings (SSSR count). The van der Waals surface area contributed by atoms with Gasteiger partial charge in [-0.05, 0) is 19.4 Å². The Balaban J connectivity index is 2.74. The Labute approximate surface area is 118 Å². The summed E-state index contributed by atoms with van der Waals surface area (Å²) in [5, 5.41) is 2.57. The van der Waals surface area contributed by atoms with Gasteiger partial charge in [0.25, 0.3) is 0 Å². The fourth-order valence-corrected chi connectivity index (χ4v) is 1.67. The van der Waals surface area contributed by atoms with Crippen molar-refractivity contribution in [2.75, 3.05) is 5.88 Å². The van der Waals surface area contributed by atoms with E-state index in [0.717, 1.165) is 5.56 Å². The molecule has 0 aliphatic heterocycles. The monoisotopic (exact) mass is 283 g/mol. The van der Waals surface area contributed by atoms with Crippen molar-refractivity contribution in [3.05, 3.63) is 35.9 Å². The average molecular weight is 284 g/mol. The Morgan fingerprint density at radius 1 is 1.26 bits per heavy atom. The summed E-state index contributed by atoms with van der Waals surface area (Å²) in [6.45, 7) is 3.53. The van der Waals surface area contributed by atoms with Crippen LogP contribution in [0.2, 0.25) is 0 Å². The van der Waals surface area contributed by atoms with Crippen molar-refractivity contribution >= 4 is 23.5 Å². The molecule has 104 valence electrons. The number of benzene rings is 1. The minimum Gasteiger partial charge on any atom is -0.461 e. The average Bonchev–Trinajstić information content (AvgIpc) is 2.38. The number of hydrogen-bond donors (Lipinski definition) is 1. The summed E-state index contributed by atoms with van der Waals surface area (Å²) in [5.41, 5.74) is 0.947. The molecule has 1 N–H and O–H groups in total. The third-order valence-corrected chi connectivity index (χ3v) is 2.62. The first kappa shape index (κ1) is 15.5. The molecule has 19 heavy (non-hydrogen) atoms. The highest BCUT2D eigenvalue weighted by molar-refractivity contribution is 6.27. The van der Waals surface area contributed by atoms with Crippen LogP contribution < -0.4 is 5.32 Å². The van der Waals surface area contributed by atoms with Crippen molar-refractivity contribution in [2.24, 2.45) is 0 Å². The zero-order chi connectivity index (χ0) is 14.3. The summed E-state index contributed by atoms with van der Waals surface area (Å²) in [4.78, 5) is 23.3. The zero-order valence-corrected chi connectivity index (χ0v) is 11.8. The fraction of sp³-hybridized carbons (Fsp3) is 0.429. The number of amides is 1. The summed E-state index contributed by atoms with van der Waals surface area (Å²) in [7, 11) is 0. The van der Waals surface area contributed by atoms with E-state index in [2.05, 4.69) is 5.32 Å². The van der Waals surface area contributed by atoms with Crippen LogP contribution in [0.1, 0.15) is 19.4 Å². The Morgan fingerprint density at radius 2 is 1.89 bits per heavy atom. The van der Waals surface area contributed by atoms with Crippen LogP contribution in [0.25, 0.3) is 0 Å². The third kappa shape index (κ3) is 5.75. The highest BCUT2D eigenvalue weighted by Gasteiger charge is 2.23. The maximum absolute atomic E-state index is 11.9. The van der Waals surface area contributed by atoms with Gasteiger partial charge < -0.3 is 10.1 Å². The molecule has 0 heterocycles. The van der Waals surface area contributed by atoms with E-state index < -0.39 is 12.0 Å². The molecule has 0 aliphatic rings. The summed E-state index contributed by atoms with van der Waals surface area (Å²) >= 11 is 5.45. The molecule has 5 heteroatoms. The predicted octanol–water partition coefficient (Wildman–Crippen LogP) is 1.90. The van der Waals surface area contributed by atoms with E-state index >= 15 is 0 Å².